The van der Waals surface area contributed by atoms with Crippen molar-refractivity contribution in [3.8, 4) is 17.2 Å². The first-order valence-corrected chi connectivity index (χ1v) is 10.3. The van der Waals surface area contributed by atoms with E-state index in [4.69, 9.17) is 23.9 Å². The fraction of sp³-hybridized carbons (Fsp3) is 0.619. The van der Waals surface area contributed by atoms with Crippen LogP contribution in [0.25, 0.3) is 0 Å². The molecule has 0 aliphatic carbocycles. The standard InChI is InChI=1S/C21H34N4O5.HI/c1-6-22-20(24-16-8-10-25(11-9-16)21(26)30-7-2)23-14-15-12-18(28-4)19(29-5)13-17(15)27-3;/h12-13,16H,6-11,14H2,1-5H3,(H2,22,23,24);1H. The van der Waals surface area contributed by atoms with Crippen LogP contribution in [0.4, 0.5) is 4.79 Å². The van der Waals surface area contributed by atoms with Crippen molar-refractivity contribution in [2.24, 2.45) is 4.99 Å². The summed E-state index contributed by atoms with van der Waals surface area (Å²) in [7, 11) is 4.82. The van der Waals surface area contributed by atoms with Gasteiger partial charge in [0, 0.05) is 37.3 Å². The van der Waals surface area contributed by atoms with E-state index in [0.717, 1.165) is 30.9 Å². The Bertz CT molecular complexity index is 724. The SMILES string of the molecule is CCNC(=NCc1cc(OC)c(OC)cc1OC)NC1CCN(C(=O)OCC)CC1.I. The molecule has 1 aromatic carbocycles. The molecule has 1 aromatic rings. The highest BCUT2D eigenvalue weighted by atomic mass is 127. The van der Waals surface area contributed by atoms with Crippen molar-refractivity contribution in [2.45, 2.75) is 39.3 Å². The maximum absolute atomic E-state index is 11.9. The molecule has 1 amide bonds. The summed E-state index contributed by atoms with van der Waals surface area (Å²) in [5.41, 5.74) is 0.893. The molecule has 31 heavy (non-hydrogen) atoms. The maximum atomic E-state index is 11.9. The van der Waals surface area contributed by atoms with Crippen LogP contribution in [-0.4, -0.2) is 70.6 Å². The zero-order valence-electron chi connectivity index (χ0n) is 19.0. The fourth-order valence-corrected chi connectivity index (χ4v) is 3.31. The van der Waals surface area contributed by atoms with Gasteiger partial charge in [-0.05, 0) is 32.8 Å². The summed E-state index contributed by atoms with van der Waals surface area (Å²) in [6.07, 6.45) is 1.43. The van der Waals surface area contributed by atoms with Crippen LogP contribution in [0.3, 0.4) is 0 Å². The Balaban J connectivity index is 0.00000480. The Labute approximate surface area is 201 Å². The van der Waals surface area contributed by atoms with Crippen LogP contribution in [0, 0.1) is 0 Å². The van der Waals surface area contributed by atoms with Gasteiger partial charge in [-0.15, -0.1) is 24.0 Å². The van der Waals surface area contributed by atoms with Crippen LogP contribution in [0.1, 0.15) is 32.3 Å². The van der Waals surface area contributed by atoms with Gasteiger partial charge in [0.2, 0.25) is 0 Å². The predicted molar refractivity (Wildman–Crippen MR) is 131 cm³/mol. The summed E-state index contributed by atoms with van der Waals surface area (Å²) in [6, 6.07) is 3.92. The first-order chi connectivity index (χ1) is 14.6. The Hall–Kier alpha value is -2.11. The molecule has 0 atom stereocenters. The lowest BCUT2D eigenvalue weighted by molar-refractivity contribution is 0.0963. The van der Waals surface area contributed by atoms with Crippen molar-refractivity contribution in [3.05, 3.63) is 17.7 Å². The summed E-state index contributed by atoms with van der Waals surface area (Å²) in [6.45, 7) is 6.74. The highest BCUT2D eigenvalue weighted by Gasteiger charge is 2.24. The van der Waals surface area contributed by atoms with Crippen molar-refractivity contribution in [3.63, 3.8) is 0 Å². The van der Waals surface area contributed by atoms with E-state index in [9.17, 15) is 4.79 Å². The largest absolute Gasteiger partial charge is 0.496 e. The molecule has 10 heteroatoms. The number of likely N-dealkylation sites (tertiary alicyclic amines) is 1. The summed E-state index contributed by atoms with van der Waals surface area (Å²) in [5, 5.41) is 6.75. The van der Waals surface area contributed by atoms with E-state index in [1.165, 1.54) is 0 Å². The number of guanidine groups is 1. The Morgan fingerprint density at radius 3 is 2.23 bits per heavy atom. The van der Waals surface area contributed by atoms with Crippen molar-refractivity contribution in [1.29, 1.82) is 0 Å². The van der Waals surface area contributed by atoms with Crippen molar-refractivity contribution < 1.29 is 23.7 Å². The quantitative estimate of drug-likeness (QED) is 0.292. The van der Waals surface area contributed by atoms with Crippen LogP contribution in [0.5, 0.6) is 17.2 Å². The number of halogens is 1. The molecule has 0 radical (unpaired) electrons. The summed E-state index contributed by atoms with van der Waals surface area (Å²) >= 11 is 0. The van der Waals surface area contributed by atoms with E-state index in [0.29, 0.717) is 43.5 Å². The van der Waals surface area contributed by atoms with E-state index in [2.05, 4.69) is 10.6 Å². The second-order valence-corrected chi connectivity index (χ2v) is 6.82. The molecule has 1 aliphatic rings. The summed E-state index contributed by atoms with van der Waals surface area (Å²) in [4.78, 5) is 18.3. The number of aliphatic imine (C=N–C) groups is 1. The zero-order valence-corrected chi connectivity index (χ0v) is 21.4. The molecule has 1 fully saturated rings. The Morgan fingerprint density at radius 2 is 1.68 bits per heavy atom. The van der Waals surface area contributed by atoms with Gasteiger partial charge in [-0.1, -0.05) is 0 Å². The number of rotatable bonds is 8. The van der Waals surface area contributed by atoms with Gasteiger partial charge in [-0.3, -0.25) is 0 Å². The molecule has 0 saturated carbocycles. The Kier molecular flexibility index (Phi) is 12.2. The molecule has 2 N–H and O–H groups in total. The van der Waals surface area contributed by atoms with Crippen molar-refractivity contribution in [1.82, 2.24) is 15.5 Å². The topological polar surface area (TPSA) is 93.7 Å². The first kappa shape index (κ1) is 26.9. The highest BCUT2D eigenvalue weighted by Crippen LogP contribution is 2.34. The number of amides is 1. The van der Waals surface area contributed by atoms with E-state index in [1.807, 2.05) is 19.9 Å². The summed E-state index contributed by atoms with van der Waals surface area (Å²) in [5.74, 6) is 2.66. The van der Waals surface area contributed by atoms with Crippen molar-refractivity contribution >= 4 is 36.0 Å². The number of benzene rings is 1. The van der Waals surface area contributed by atoms with Gasteiger partial charge < -0.3 is 34.5 Å². The smallest absolute Gasteiger partial charge is 0.409 e. The molecule has 9 nitrogen and oxygen atoms in total. The molecule has 0 unspecified atom stereocenters. The molecule has 1 heterocycles. The van der Waals surface area contributed by atoms with E-state index < -0.39 is 0 Å². The van der Waals surface area contributed by atoms with Crippen LogP contribution in [0.2, 0.25) is 0 Å². The lowest BCUT2D eigenvalue weighted by atomic mass is 10.1. The number of nitrogens with one attached hydrogen (secondary N) is 2. The number of nitrogens with zero attached hydrogens (tertiary/aromatic N) is 2. The van der Waals surface area contributed by atoms with Gasteiger partial charge in [-0.2, -0.15) is 0 Å². The molecule has 0 bridgehead atoms. The molecule has 2 rings (SSSR count). The number of hydrogen-bond acceptors (Lipinski definition) is 6. The number of carbonyl (C=O) groups is 1. The molecule has 0 spiro atoms. The van der Waals surface area contributed by atoms with E-state index in [-0.39, 0.29) is 36.1 Å². The minimum atomic E-state index is -0.239. The van der Waals surface area contributed by atoms with Crippen LogP contribution in [-0.2, 0) is 11.3 Å². The van der Waals surface area contributed by atoms with Gasteiger partial charge in [0.1, 0.15) is 5.75 Å². The molecular formula is C21H35IN4O5. The number of hydrogen-bond donors (Lipinski definition) is 2. The first-order valence-electron chi connectivity index (χ1n) is 10.3. The predicted octanol–water partition coefficient (Wildman–Crippen LogP) is 3.01. The normalized spacial score (nSPS) is 14.4. The second-order valence-electron chi connectivity index (χ2n) is 6.82. The molecule has 176 valence electrons. The van der Waals surface area contributed by atoms with Gasteiger partial charge in [0.15, 0.2) is 17.5 Å². The lowest BCUT2D eigenvalue weighted by Crippen LogP contribution is -2.49. The van der Waals surface area contributed by atoms with E-state index >= 15 is 0 Å². The average Bonchev–Trinajstić information content (AvgIpc) is 2.77. The number of ether oxygens (including phenoxy) is 4. The summed E-state index contributed by atoms with van der Waals surface area (Å²) < 4.78 is 21.3. The molecule has 1 saturated heterocycles. The highest BCUT2D eigenvalue weighted by molar-refractivity contribution is 14.0. The molecule has 0 aromatic heterocycles. The lowest BCUT2D eigenvalue weighted by Gasteiger charge is -2.32. The Morgan fingerprint density at radius 1 is 1.06 bits per heavy atom. The van der Waals surface area contributed by atoms with Crippen LogP contribution < -0.4 is 24.8 Å². The maximum Gasteiger partial charge on any atom is 0.409 e. The fourth-order valence-electron chi connectivity index (χ4n) is 3.31. The third-order valence-electron chi connectivity index (χ3n) is 4.90. The average molecular weight is 550 g/mol. The second kappa shape index (κ2) is 14.0. The monoisotopic (exact) mass is 550 g/mol. The zero-order chi connectivity index (χ0) is 21.9. The number of piperidine rings is 1. The third-order valence-corrected chi connectivity index (χ3v) is 4.90. The van der Waals surface area contributed by atoms with E-state index in [1.54, 1.807) is 32.3 Å². The minimum Gasteiger partial charge on any atom is -0.496 e. The number of methoxy groups -OCH3 is 3. The third kappa shape index (κ3) is 7.82. The molecule has 1 aliphatic heterocycles. The van der Waals surface area contributed by atoms with Gasteiger partial charge in [-0.25, -0.2) is 9.79 Å². The molecular weight excluding hydrogens is 515 g/mol. The van der Waals surface area contributed by atoms with Gasteiger partial charge in [0.05, 0.1) is 34.5 Å². The van der Waals surface area contributed by atoms with Gasteiger partial charge in [0.25, 0.3) is 0 Å². The number of carbonyl (C=O) groups excluding carboxylic acids is 1. The van der Waals surface area contributed by atoms with Gasteiger partial charge >= 0.3 is 6.09 Å². The van der Waals surface area contributed by atoms with Crippen LogP contribution in [0.15, 0.2) is 17.1 Å². The van der Waals surface area contributed by atoms with Crippen LogP contribution >= 0.6 is 24.0 Å². The minimum absolute atomic E-state index is 0. The van der Waals surface area contributed by atoms with Crippen molar-refractivity contribution in [2.75, 3.05) is 47.6 Å².